The molecular weight excluding hydrogens is 220 g/mol. The SMILES string of the molecule is NC(c1cccc2cnccc12)C1CC2CC2C1. The third-order valence-electron chi connectivity index (χ3n) is 4.86. The summed E-state index contributed by atoms with van der Waals surface area (Å²) < 4.78 is 0. The van der Waals surface area contributed by atoms with Crippen molar-refractivity contribution in [2.45, 2.75) is 25.3 Å². The van der Waals surface area contributed by atoms with Crippen molar-refractivity contribution < 1.29 is 0 Å². The number of pyridine rings is 1. The van der Waals surface area contributed by atoms with E-state index in [2.05, 4.69) is 29.2 Å². The van der Waals surface area contributed by atoms with Gasteiger partial charge in [-0.1, -0.05) is 18.2 Å². The number of fused-ring (bicyclic) bond motifs is 2. The average Bonchev–Trinajstić information content (AvgIpc) is 3.04. The molecule has 0 radical (unpaired) electrons. The molecule has 2 aromatic rings. The molecule has 3 atom stereocenters. The van der Waals surface area contributed by atoms with Crippen molar-refractivity contribution in [1.29, 1.82) is 0 Å². The number of nitrogens with two attached hydrogens (primary N) is 1. The molecule has 4 rings (SSSR count). The molecule has 2 fully saturated rings. The first-order valence-electron chi connectivity index (χ1n) is 6.91. The second-order valence-electron chi connectivity index (χ2n) is 5.96. The Hall–Kier alpha value is -1.41. The summed E-state index contributed by atoms with van der Waals surface area (Å²) in [7, 11) is 0. The first-order chi connectivity index (χ1) is 8.83. The summed E-state index contributed by atoms with van der Waals surface area (Å²) >= 11 is 0. The molecule has 0 spiro atoms. The van der Waals surface area contributed by atoms with E-state index in [1.807, 2.05) is 12.4 Å². The minimum atomic E-state index is 0.198. The van der Waals surface area contributed by atoms with Crippen LogP contribution in [0, 0.1) is 17.8 Å². The van der Waals surface area contributed by atoms with E-state index in [1.54, 1.807) is 0 Å². The molecule has 18 heavy (non-hydrogen) atoms. The van der Waals surface area contributed by atoms with Crippen LogP contribution in [0.3, 0.4) is 0 Å². The maximum atomic E-state index is 6.53. The van der Waals surface area contributed by atoms with Gasteiger partial charge in [-0.3, -0.25) is 4.98 Å². The highest BCUT2D eigenvalue weighted by Crippen LogP contribution is 2.56. The van der Waals surface area contributed by atoms with Gasteiger partial charge in [0.1, 0.15) is 0 Å². The van der Waals surface area contributed by atoms with Gasteiger partial charge in [0.25, 0.3) is 0 Å². The Kier molecular flexibility index (Phi) is 2.21. The van der Waals surface area contributed by atoms with E-state index in [4.69, 9.17) is 5.73 Å². The zero-order chi connectivity index (χ0) is 12.1. The van der Waals surface area contributed by atoms with E-state index >= 15 is 0 Å². The molecular formula is C16H18N2. The highest BCUT2D eigenvalue weighted by molar-refractivity contribution is 5.85. The van der Waals surface area contributed by atoms with Gasteiger partial charge in [0, 0.05) is 23.8 Å². The lowest BCUT2D eigenvalue weighted by Gasteiger charge is -2.22. The van der Waals surface area contributed by atoms with Gasteiger partial charge in [-0.05, 0) is 54.0 Å². The second-order valence-corrected chi connectivity index (χ2v) is 5.96. The minimum absolute atomic E-state index is 0.198. The Labute approximate surface area is 107 Å². The van der Waals surface area contributed by atoms with Crippen molar-refractivity contribution in [3.63, 3.8) is 0 Å². The second kappa shape index (κ2) is 3.79. The average molecular weight is 238 g/mol. The number of hydrogen-bond acceptors (Lipinski definition) is 2. The molecule has 92 valence electrons. The molecule has 2 heteroatoms. The first-order valence-corrected chi connectivity index (χ1v) is 6.91. The van der Waals surface area contributed by atoms with Crippen LogP contribution in [0.25, 0.3) is 10.8 Å². The molecule has 2 aliphatic rings. The van der Waals surface area contributed by atoms with Crippen molar-refractivity contribution >= 4 is 10.8 Å². The van der Waals surface area contributed by atoms with Crippen molar-refractivity contribution in [3.05, 3.63) is 42.2 Å². The Morgan fingerprint density at radius 1 is 1.11 bits per heavy atom. The van der Waals surface area contributed by atoms with Crippen LogP contribution in [0.1, 0.15) is 30.9 Å². The fraction of sp³-hybridized carbons (Fsp3) is 0.438. The van der Waals surface area contributed by atoms with E-state index in [0.29, 0.717) is 5.92 Å². The highest BCUT2D eigenvalue weighted by atomic mass is 14.7. The molecule has 1 aromatic heterocycles. The molecule has 0 saturated heterocycles. The fourth-order valence-electron chi connectivity index (χ4n) is 3.75. The lowest BCUT2D eigenvalue weighted by Crippen LogP contribution is -2.20. The number of rotatable bonds is 2. The third-order valence-corrected chi connectivity index (χ3v) is 4.86. The van der Waals surface area contributed by atoms with E-state index in [9.17, 15) is 0 Å². The molecule has 0 bridgehead atoms. The maximum absolute atomic E-state index is 6.53. The Bertz CT molecular complexity index is 577. The lowest BCUT2D eigenvalue weighted by atomic mass is 9.88. The smallest absolute Gasteiger partial charge is 0.0346 e. The van der Waals surface area contributed by atoms with Crippen molar-refractivity contribution in [2.75, 3.05) is 0 Å². The Balaban J connectivity index is 1.72. The van der Waals surface area contributed by atoms with Crippen molar-refractivity contribution in [1.82, 2.24) is 4.98 Å². The topological polar surface area (TPSA) is 38.9 Å². The zero-order valence-electron chi connectivity index (χ0n) is 10.4. The van der Waals surface area contributed by atoms with Crippen LogP contribution < -0.4 is 5.73 Å². The number of aromatic nitrogens is 1. The van der Waals surface area contributed by atoms with E-state index < -0.39 is 0 Å². The fourth-order valence-corrected chi connectivity index (χ4v) is 3.75. The van der Waals surface area contributed by atoms with Crippen LogP contribution >= 0.6 is 0 Å². The molecule has 1 aromatic carbocycles. The van der Waals surface area contributed by atoms with Crippen LogP contribution in [0.5, 0.6) is 0 Å². The molecule has 1 heterocycles. The summed E-state index contributed by atoms with van der Waals surface area (Å²) in [4.78, 5) is 4.19. The van der Waals surface area contributed by atoms with Gasteiger partial charge in [-0.25, -0.2) is 0 Å². The maximum Gasteiger partial charge on any atom is 0.0346 e. The van der Waals surface area contributed by atoms with Gasteiger partial charge < -0.3 is 5.73 Å². The predicted molar refractivity (Wildman–Crippen MR) is 73.0 cm³/mol. The lowest BCUT2D eigenvalue weighted by molar-refractivity contribution is 0.406. The summed E-state index contributed by atoms with van der Waals surface area (Å²) in [6, 6.07) is 8.71. The van der Waals surface area contributed by atoms with Gasteiger partial charge >= 0.3 is 0 Å². The predicted octanol–water partition coefficient (Wildman–Crippen LogP) is 3.28. The van der Waals surface area contributed by atoms with Crippen LogP contribution in [0.4, 0.5) is 0 Å². The molecule has 2 saturated carbocycles. The van der Waals surface area contributed by atoms with Crippen molar-refractivity contribution in [3.8, 4) is 0 Å². The molecule has 0 aliphatic heterocycles. The van der Waals surface area contributed by atoms with Gasteiger partial charge in [-0.2, -0.15) is 0 Å². The summed E-state index contributed by atoms with van der Waals surface area (Å²) in [5.41, 5.74) is 7.84. The van der Waals surface area contributed by atoms with E-state index in [-0.39, 0.29) is 6.04 Å². The monoisotopic (exact) mass is 238 g/mol. The standard InChI is InChI=1S/C16H18N2/c17-16(13-7-11-6-12(11)8-13)15-3-1-2-10-9-18-5-4-14(10)15/h1-5,9,11-13,16H,6-8,17H2. The van der Waals surface area contributed by atoms with Gasteiger partial charge in [0.15, 0.2) is 0 Å². The largest absolute Gasteiger partial charge is 0.324 e. The molecule has 2 nitrogen and oxygen atoms in total. The summed E-state index contributed by atoms with van der Waals surface area (Å²) in [6.45, 7) is 0. The Morgan fingerprint density at radius 3 is 2.78 bits per heavy atom. The summed E-state index contributed by atoms with van der Waals surface area (Å²) in [5.74, 6) is 2.68. The van der Waals surface area contributed by atoms with Gasteiger partial charge in [0.2, 0.25) is 0 Å². The quantitative estimate of drug-likeness (QED) is 0.872. The first kappa shape index (κ1) is 10.5. The Morgan fingerprint density at radius 2 is 1.94 bits per heavy atom. The molecule has 0 amide bonds. The van der Waals surface area contributed by atoms with Gasteiger partial charge in [-0.15, -0.1) is 0 Å². The normalized spacial score (nSPS) is 31.3. The van der Waals surface area contributed by atoms with Crippen LogP contribution in [0.2, 0.25) is 0 Å². The molecule has 2 N–H and O–H groups in total. The number of benzene rings is 1. The summed E-state index contributed by atoms with van der Waals surface area (Å²) in [5, 5.41) is 2.48. The van der Waals surface area contributed by atoms with Gasteiger partial charge in [0.05, 0.1) is 0 Å². The molecule has 3 unspecified atom stereocenters. The minimum Gasteiger partial charge on any atom is -0.324 e. The third kappa shape index (κ3) is 1.56. The van der Waals surface area contributed by atoms with E-state index in [1.165, 1.54) is 35.6 Å². The van der Waals surface area contributed by atoms with Crippen LogP contribution in [-0.4, -0.2) is 4.98 Å². The number of hydrogen-bond donors (Lipinski definition) is 1. The summed E-state index contributed by atoms with van der Waals surface area (Å²) in [6.07, 6.45) is 7.94. The highest BCUT2D eigenvalue weighted by Gasteiger charge is 2.47. The van der Waals surface area contributed by atoms with Crippen molar-refractivity contribution in [2.24, 2.45) is 23.5 Å². The molecule has 2 aliphatic carbocycles. The van der Waals surface area contributed by atoms with E-state index in [0.717, 1.165) is 11.8 Å². The van der Waals surface area contributed by atoms with Crippen LogP contribution in [0.15, 0.2) is 36.7 Å². The zero-order valence-corrected chi connectivity index (χ0v) is 10.4. The van der Waals surface area contributed by atoms with Crippen LogP contribution in [-0.2, 0) is 0 Å². The number of nitrogens with zero attached hydrogens (tertiary/aromatic N) is 1.